The monoisotopic (exact) mass is 465 g/mol. The van der Waals surface area contributed by atoms with Crippen LogP contribution in [0.4, 0.5) is 0 Å². The summed E-state index contributed by atoms with van der Waals surface area (Å²) in [6.45, 7) is 5.13. The molecule has 2 saturated heterocycles. The highest BCUT2D eigenvalue weighted by atomic mass is 127. The highest BCUT2D eigenvalue weighted by Gasteiger charge is 2.36. The summed E-state index contributed by atoms with van der Waals surface area (Å²) in [6, 6.07) is 8.05. The van der Waals surface area contributed by atoms with E-state index in [0.29, 0.717) is 25.7 Å². The van der Waals surface area contributed by atoms with Gasteiger partial charge in [0.25, 0.3) is 0 Å². The maximum atomic E-state index is 6.46. The van der Waals surface area contributed by atoms with Crippen molar-refractivity contribution in [3.63, 3.8) is 0 Å². The fraction of sp³-hybridized carbons (Fsp3) is 0.588. The molecule has 1 aromatic carbocycles. The molecule has 24 heavy (non-hydrogen) atoms. The number of nitrogens with two attached hydrogens (primary N) is 1. The van der Waals surface area contributed by atoms with E-state index in [4.69, 9.17) is 31.8 Å². The Bertz CT molecular complexity index is 559. The summed E-state index contributed by atoms with van der Waals surface area (Å²) < 4.78 is 10.9. The molecule has 2 aliphatic heterocycles. The van der Waals surface area contributed by atoms with E-state index in [1.54, 1.807) is 0 Å². The first-order valence-electron chi connectivity index (χ1n) is 8.17. The van der Waals surface area contributed by atoms with Crippen LogP contribution in [0.2, 0.25) is 5.02 Å². The molecular formula is C17H25ClIN3O2. The summed E-state index contributed by atoms with van der Waals surface area (Å²) in [5, 5.41) is 0.801. The molecule has 0 saturated carbocycles. The minimum Gasteiger partial charge on any atom is -0.381 e. The quantitative estimate of drug-likeness (QED) is 0.424. The van der Waals surface area contributed by atoms with Crippen molar-refractivity contribution in [3.8, 4) is 0 Å². The Balaban J connectivity index is 0.00000208. The van der Waals surface area contributed by atoms with Gasteiger partial charge in [-0.1, -0.05) is 29.8 Å². The standard InChI is InChI=1S/C17H24ClN3O2.HI/c18-15-4-2-1-3-14(15)17(5-9-22-10-6-17)13-20-16(19)21-7-11-23-12-8-21;/h1-4H,5-13H2,(H2,19,20);1H. The summed E-state index contributed by atoms with van der Waals surface area (Å²) in [4.78, 5) is 6.80. The largest absolute Gasteiger partial charge is 0.381 e. The van der Waals surface area contributed by atoms with Gasteiger partial charge in [0.1, 0.15) is 0 Å². The zero-order valence-electron chi connectivity index (χ0n) is 13.7. The van der Waals surface area contributed by atoms with Crippen molar-refractivity contribution in [2.45, 2.75) is 18.3 Å². The van der Waals surface area contributed by atoms with Crippen molar-refractivity contribution in [2.75, 3.05) is 46.1 Å². The predicted octanol–water partition coefficient (Wildman–Crippen LogP) is 2.65. The third kappa shape index (κ3) is 4.53. The summed E-state index contributed by atoms with van der Waals surface area (Å²) in [6.07, 6.45) is 1.83. The first-order chi connectivity index (χ1) is 11.2. The van der Waals surface area contributed by atoms with Gasteiger partial charge < -0.3 is 20.1 Å². The first kappa shape index (κ1) is 19.8. The molecule has 2 aliphatic rings. The highest BCUT2D eigenvalue weighted by Crippen LogP contribution is 2.38. The van der Waals surface area contributed by atoms with Crippen LogP contribution in [-0.4, -0.2) is 56.9 Å². The number of guanidine groups is 1. The van der Waals surface area contributed by atoms with Gasteiger partial charge in [-0.25, -0.2) is 0 Å². The van der Waals surface area contributed by atoms with Gasteiger partial charge in [-0.05, 0) is 24.5 Å². The Morgan fingerprint density at radius 2 is 1.75 bits per heavy atom. The molecule has 0 bridgehead atoms. The molecule has 0 aromatic heterocycles. The fourth-order valence-corrected chi connectivity index (χ4v) is 3.63. The second-order valence-corrected chi connectivity index (χ2v) is 6.55. The van der Waals surface area contributed by atoms with E-state index >= 15 is 0 Å². The zero-order chi connectivity index (χ0) is 16.1. The Labute approximate surface area is 165 Å². The van der Waals surface area contributed by atoms with Crippen LogP contribution in [-0.2, 0) is 14.9 Å². The molecule has 5 nitrogen and oxygen atoms in total. The van der Waals surface area contributed by atoms with Crippen LogP contribution in [0.3, 0.4) is 0 Å². The Morgan fingerprint density at radius 3 is 2.42 bits per heavy atom. The van der Waals surface area contributed by atoms with Gasteiger partial charge >= 0.3 is 0 Å². The number of rotatable bonds is 3. The zero-order valence-corrected chi connectivity index (χ0v) is 16.8. The van der Waals surface area contributed by atoms with Gasteiger partial charge in [0.2, 0.25) is 0 Å². The molecular weight excluding hydrogens is 441 g/mol. The van der Waals surface area contributed by atoms with Crippen LogP contribution >= 0.6 is 35.6 Å². The van der Waals surface area contributed by atoms with Crippen molar-refractivity contribution in [1.29, 1.82) is 0 Å². The van der Waals surface area contributed by atoms with Crippen molar-refractivity contribution in [1.82, 2.24) is 4.90 Å². The van der Waals surface area contributed by atoms with Crippen LogP contribution < -0.4 is 5.73 Å². The van der Waals surface area contributed by atoms with E-state index < -0.39 is 0 Å². The smallest absolute Gasteiger partial charge is 0.191 e. The SMILES string of the molecule is I.NC(=NCC1(c2ccccc2Cl)CCOCC1)N1CCOCC1. The molecule has 0 radical (unpaired) electrons. The highest BCUT2D eigenvalue weighted by molar-refractivity contribution is 14.0. The van der Waals surface area contributed by atoms with Gasteiger partial charge in [-0.2, -0.15) is 0 Å². The molecule has 2 fully saturated rings. The van der Waals surface area contributed by atoms with Gasteiger partial charge in [0.15, 0.2) is 5.96 Å². The first-order valence-corrected chi connectivity index (χ1v) is 8.54. The van der Waals surface area contributed by atoms with Crippen molar-refractivity contribution in [3.05, 3.63) is 34.9 Å². The average Bonchev–Trinajstić information content (AvgIpc) is 2.61. The van der Waals surface area contributed by atoms with Crippen molar-refractivity contribution < 1.29 is 9.47 Å². The molecule has 7 heteroatoms. The summed E-state index contributed by atoms with van der Waals surface area (Å²) >= 11 is 6.46. The minimum absolute atomic E-state index is 0. The summed E-state index contributed by atoms with van der Waals surface area (Å²) in [5.41, 5.74) is 7.26. The van der Waals surface area contributed by atoms with Crippen molar-refractivity contribution in [2.24, 2.45) is 10.7 Å². The molecule has 0 spiro atoms. The fourth-order valence-electron chi connectivity index (χ4n) is 3.29. The van der Waals surface area contributed by atoms with Crippen LogP contribution in [0.15, 0.2) is 29.3 Å². The third-order valence-corrected chi connectivity index (χ3v) is 5.10. The lowest BCUT2D eigenvalue weighted by Gasteiger charge is -2.37. The van der Waals surface area contributed by atoms with Crippen LogP contribution in [0, 0.1) is 0 Å². The van der Waals surface area contributed by atoms with Crippen LogP contribution in [0.5, 0.6) is 0 Å². The number of morpholine rings is 1. The summed E-state index contributed by atoms with van der Waals surface area (Å²) in [7, 11) is 0. The molecule has 2 heterocycles. The number of hydrogen-bond acceptors (Lipinski definition) is 3. The molecule has 0 unspecified atom stereocenters. The maximum Gasteiger partial charge on any atom is 0.191 e. The molecule has 0 amide bonds. The maximum absolute atomic E-state index is 6.46. The molecule has 1 aromatic rings. The Morgan fingerprint density at radius 1 is 1.12 bits per heavy atom. The van der Waals surface area contributed by atoms with E-state index in [-0.39, 0.29) is 29.4 Å². The van der Waals surface area contributed by atoms with E-state index in [0.717, 1.165) is 49.7 Å². The lowest BCUT2D eigenvalue weighted by Crippen LogP contribution is -2.46. The van der Waals surface area contributed by atoms with Crippen LogP contribution in [0.25, 0.3) is 0 Å². The second kappa shape index (κ2) is 9.22. The van der Waals surface area contributed by atoms with E-state index in [9.17, 15) is 0 Å². The number of ether oxygens (including phenoxy) is 2. The van der Waals surface area contributed by atoms with E-state index in [2.05, 4.69) is 11.0 Å². The van der Waals surface area contributed by atoms with Gasteiger partial charge in [-0.3, -0.25) is 4.99 Å². The topological polar surface area (TPSA) is 60.1 Å². The molecule has 0 atom stereocenters. The van der Waals surface area contributed by atoms with E-state index in [1.807, 2.05) is 18.2 Å². The molecule has 134 valence electrons. The lowest BCUT2D eigenvalue weighted by molar-refractivity contribution is 0.0525. The van der Waals surface area contributed by atoms with Gasteiger partial charge in [0.05, 0.1) is 19.8 Å². The van der Waals surface area contributed by atoms with Gasteiger partial charge in [-0.15, -0.1) is 24.0 Å². The number of halogens is 2. The molecule has 0 aliphatic carbocycles. The normalized spacial score (nSPS) is 21.2. The van der Waals surface area contributed by atoms with Gasteiger partial charge in [0, 0.05) is 36.7 Å². The number of hydrogen-bond donors (Lipinski definition) is 1. The molecule has 2 N–H and O–H groups in total. The van der Waals surface area contributed by atoms with Crippen LogP contribution in [0.1, 0.15) is 18.4 Å². The number of benzene rings is 1. The van der Waals surface area contributed by atoms with Crippen molar-refractivity contribution >= 4 is 41.5 Å². The molecule has 3 rings (SSSR count). The second-order valence-electron chi connectivity index (χ2n) is 6.15. The minimum atomic E-state index is -0.0898. The third-order valence-electron chi connectivity index (χ3n) is 4.77. The van der Waals surface area contributed by atoms with E-state index in [1.165, 1.54) is 0 Å². The number of aliphatic imine (C=N–C) groups is 1. The number of nitrogens with zero attached hydrogens (tertiary/aromatic N) is 2. The summed E-state index contributed by atoms with van der Waals surface area (Å²) in [5.74, 6) is 0.603. The lowest BCUT2D eigenvalue weighted by atomic mass is 9.74. The Hall–Kier alpha value is -0.570. The average molecular weight is 466 g/mol. The Kier molecular flexibility index (Phi) is 7.59. The predicted molar refractivity (Wildman–Crippen MR) is 107 cm³/mol.